The maximum absolute atomic E-state index is 10.9. The number of benzene rings is 1. The molecule has 0 aliphatic carbocycles. The number of aromatic nitrogens is 2. The van der Waals surface area contributed by atoms with Crippen molar-refractivity contribution in [1.82, 2.24) is 9.97 Å². The number of carbonyl (C=O) groups excluding carboxylic acids is 1. The third kappa shape index (κ3) is 4.22. The average Bonchev–Trinajstić information content (AvgIpc) is 2.98. The Balaban J connectivity index is 2.02. The van der Waals surface area contributed by atoms with Gasteiger partial charge in [0.2, 0.25) is 5.91 Å². The molecule has 25 heavy (non-hydrogen) atoms. The van der Waals surface area contributed by atoms with Crippen molar-refractivity contribution in [3.8, 4) is 11.1 Å². The molecule has 0 bridgehead atoms. The minimum absolute atomic E-state index is 0.257. The molecule has 2 aromatic heterocycles. The number of rotatable bonds is 7. The zero-order valence-electron chi connectivity index (χ0n) is 13.8. The normalized spacial score (nSPS) is 11.1. The molecule has 0 spiro atoms. The summed E-state index contributed by atoms with van der Waals surface area (Å²) in [5, 5.41) is 2.10. The first-order chi connectivity index (χ1) is 12.1. The van der Waals surface area contributed by atoms with Crippen LogP contribution in [0.3, 0.4) is 0 Å². The lowest BCUT2D eigenvalue weighted by atomic mass is 10.0. The molecule has 4 nitrogen and oxygen atoms in total. The smallest absolute Gasteiger partial charge is 0.217 e. The predicted octanol–water partition coefficient (Wildman–Crippen LogP) is 5.04. The van der Waals surface area contributed by atoms with Crippen LogP contribution in [0.2, 0.25) is 0 Å². The van der Waals surface area contributed by atoms with E-state index in [2.05, 4.69) is 57.1 Å². The highest BCUT2D eigenvalue weighted by Crippen LogP contribution is 2.42. The molecule has 0 radical (unpaired) electrons. The Hall–Kier alpha value is -1.44. The maximum Gasteiger partial charge on any atom is 0.217 e. The van der Waals surface area contributed by atoms with Crippen LogP contribution in [0.1, 0.15) is 24.6 Å². The Morgan fingerprint density at radius 3 is 2.72 bits per heavy atom. The van der Waals surface area contributed by atoms with Crippen LogP contribution in [0.25, 0.3) is 21.3 Å². The number of carbonyl (C=O) groups is 1. The quantitative estimate of drug-likeness (QED) is 0.320. The van der Waals surface area contributed by atoms with E-state index in [0.717, 1.165) is 38.3 Å². The summed E-state index contributed by atoms with van der Waals surface area (Å²) in [6, 6.07) is 8.36. The number of hydrogen-bond acceptors (Lipinski definition) is 5. The van der Waals surface area contributed by atoms with Gasteiger partial charge < -0.3 is 5.73 Å². The van der Waals surface area contributed by atoms with Gasteiger partial charge in [0.15, 0.2) is 0 Å². The van der Waals surface area contributed by atoms with Gasteiger partial charge in [0.05, 0.1) is 5.39 Å². The van der Waals surface area contributed by atoms with Crippen LogP contribution in [-0.2, 0) is 11.2 Å². The van der Waals surface area contributed by atoms with Crippen molar-refractivity contribution in [3.63, 3.8) is 0 Å². The van der Waals surface area contributed by atoms with Crippen LogP contribution in [0.5, 0.6) is 0 Å². The summed E-state index contributed by atoms with van der Waals surface area (Å²) in [6.07, 6.45) is 3.74. The molecule has 0 atom stereocenters. The molecular weight excluding hydrogens is 418 g/mol. The first-order valence-electron chi connectivity index (χ1n) is 8.03. The zero-order chi connectivity index (χ0) is 17.8. The molecule has 130 valence electrons. The van der Waals surface area contributed by atoms with Crippen LogP contribution < -0.4 is 5.73 Å². The van der Waals surface area contributed by atoms with Crippen molar-refractivity contribution in [2.45, 2.75) is 31.2 Å². The average molecular weight is 436 g/mol. The second kappa shape index (κ2) is 8.29. The number of hydrogen-bond donors (Lipinski definition) is 1. The maximum atomic E-state index is 10.9. The second-order valence-corrected chi connectivity index (χ2v) is 8.62. The molecular formula is C18H18BrN3OS2. The Kier molecular flexibility index (Phi) is 6.09. The topological polar surface area (TPSA) is 68.9 Å². The molecule has 0 fully saturated rings. The summed E-state index contributed by atoms with van der Waals surface area (Å²) < 4.78 is 1.06. The SMILES string of the molecule is CCc1sc2ncnc(SCCCC(N)=O)c2c1-c1ccc(Br)cc1. The van der Waals surface area contributed by atoms with Crippen molar-refractivity contribution in [2.24, 2.45) is 5.73 Å². The van der Waals surface area contributed by atoms with Gasteiger partial charge in [-0.05, 0) is 30.5 Å². The molecule has 0 aliphatic heterocycles. The lowest BCUT2D eigenvalue weighted by molar-refractivity contribution is -0.118. The number of amides is 1. The fraction of sp³-hybridized carbons (Fsp3) is 0.278. The molecule has 0 unspecified atom stereocenters. The van der Waals surface area contributed by atoms with Gasteiger partial charge in [0.1, 0.15) is 16.2 Å². The summed E-state index contributed by atoms with van der Waals surface area (Å²) in [7, 11) is 0. The Morgan fingerprint density at radius 2 is 2.04 bits per heavy atom. The second-order valence-electron chi connectivity index (χ2n) is 5.54. The first kappa shape index (κ1) is 18.4. The Labute approximate surface area is 163 Å². The van der Waals surface area contributed by atoms with Crippen LogP contribution in [0, 0.1) is 0 Å². The van der Waals surface area contributed by atoms with Crippen molar-refractivity contribution in [3.05, 3.63) is 39.9 Å². The van der Waals surface area contributed by atoms with E-state index < -0.39 is 0 Å². The number of aryl methyl sites for hydroxylation is 1. The van der Waals surface area contributed by atoms with Gasteiger partial charge in [0, 0.05) is 27.1 Å². The molecule has 7 heteroatoms. The van der Waals surface area contributed by atoms with Gasteiger partial charge in [-0.1, -0.05) is 35.0 Å². The van der Waals surface area contributed by atoms with Crippen LogP contribution >= 0.6 is 39.0 Å². The molecule has 2 heterocycles. The lowest BCUT2D eigenvalue weighted by Crippen LogP contribution is -2.10. The molecule has 2 N–H and O–H groups in total. The van der Waals surface area contributed by atoms with E-state index in [1.165, 1.54) is 16.0 Å². The highest BCUT2D eigenvalue weighted by Gasteiger charge is 2.18. The summed E-state index contributed by atoms with van der Waals surface area (Å²) in [6.45, 7) is 2.17. The van der Waals surface area contributed by atoms with E-state index in [-0.39, 0.29) is 5.91 Å². The number of nitrogens with two attached hydrogens (primary N) is 1. The van der Waals surface area contributed by atoms with Crippen LogP contribution in [0.4, 0.5) is 0 Å². The van der Waals surface area contributed by atoms with E-state index in [1.54, 1.807) is 29.4 Å². The number of primary amides is 1. The monoisotopic (exact) mass is 435 g/mol. The van der Waals surface area contributed by atoms with Gasteiger partial charge in [-0.15, -0.1) is 23.1 Å². The number of thioether (sulfide) groups is 1. The fourth-order valence-corrected chi connectivity index (χ4v) is 5.02. The highest BCUT2D eigenvalue weighted by atomic mass is 79.9. The molecule has 3 aromatic rings. The standard InChI is InChI=1S/C18H18BrN3OS2/c1-2-13-15(11-5-7-12(19)8-6-11)16-17(21-10-22-18(16)25-13)24-9-3-4-14(20)23/h5-8,10H,2-4,9H2,1H3,(H2,20,23). The van der Waals surface area contributed by atoms with Gasteiger partial charge in [-0.2, -0.15) is 0 Å². The van der Waals surface area contributed by atoms with Crippen molar-refractivity contribution in [2.75, 3.05) is 5.75 Å². The number of fused-ring (bicyclic) bond motifs is 1. The van der Waals surface area contributed by atoms with Crippen LogP contribution in [0.15, 0.2) is 40.1 Å². The van der Waals surface area contributed by atoms with Gasteiger partial charge in [-0.25, -0.2) is 9.97 Å². The summed E-state index contributed by atoms with van der Waals surface area (Å²) >= 11 is 6.90. The fourth-order valence-electron chi connectivity index (χ4n) is 2.65. The summed E-state index contributed by atoms with van der Waals surface area (Å²) in [5.41, 5.74) is 7.63. The van der Waals surface area contributed by atoms with E-state index in [4.69, 9.17) is 5.73 Å². The number of halogens is 1. The molecule has 0 saturated carbocycles. The van der Waals surface area contributed by atoms with E-state index in [9.17, 15) is 4.79 Å². The van der Waals surface area contributed by atoms with Crippen molar-refractivity contribution >= 4 is 55.2 Å². The van der Waals surface area contributed by atoms with E-state index in [1.807, 2.05) is 0 Å². The van der Waals surface area contributed by atoms with Crippen molar-refractivity contribution in [1.29, 1.82) is 0 Å². The first-order valence-corrected chi connectivity index (χ1v) is 10.6. The van der Waals surface area contributed by atoms with E-state index in [0.29, 0.717) is 6.42 Å². The predicted molar refractivity (Wildman–Crippen MR) is 109 cm³/mol. The van der Waals surface area contributed by atoms with Crippen LogP contribution in [-0.4, -0.2) is 21.6 Å². The molecule has 1 amide bonds. The van der Waals surface area contributed by atoms with Gasteiger partial charge in [-0.3, -0.25) is 4.79 Å². The summed E-state index contributed by atoms with van der Waals surface area (Å²) in [4.78, 5) is 22.2. The zero-order valence-corrected chi connectivity index (χ0v) is 17.0. The lowest BCUT2D eigenvalue weighted by Gasteiger charge is -2.07. The minimum atomic E-state index is -0.257. The number of nitrogens with zero attached hydrogens (tertiary/aromatic N) is 2. The third-order valence-electron chi connectivity index (χ3n) is 3.79. The molecule has 3 rings (SSSR count). The third-order valence-corrected chi connectivity index (χ3v) is 6.63. The molecule has 0 aliphatic rings. The molecule has 1 aromatic carbocycles. The minimum Gasteiger partial charge on any atom is -0.370 e. The number of thiophene rings is 1. The van der Waals surface area contributed by atoms with Crippen molar-refractivity contribution < 1.29 is 4.79 Å². The van der Waals surface area contributed by atoms with Gasteiger partial charge in [0.25, 0.3) is 0 Å². The Bertz CT molecular complexity index is 893. The van der Waals surface area contributed by atoms with Gasteiger partial charge >= 0.3 is 0 Å². The Morgan fingerprint density at radius 1 is 1.28 bits per heavy atom. The largest absolute Gasteiger partial charge is 0.370 e. The highest BCUT2D eigenvalue weighted by molar-refractivity contribution is 9.10. The molecule has 0 saturated heterocycles. The van der Waals surface area contributed by atoms with E-state index >= 15 is 0 Å². The summed E-state index contributed by atoms with van der Waals surface area (Å²) in [5.74, 6) is 0.555.